The summed E-state index contributed by atoms with van der Waals surface area (Å²) in [4.78, 5) is 0. The van der Waals surface area contributed by atoms with Gasteiger partial charge >= 0.3 is 0 Å². The van der Waals surface area contributed by atoms with Crippen LogP contribution >= 0.6 is 0 Å². The zero-order valence-electron chi connectivity index (χ0n) is 10.7. The van der Waals surface area contributed by atoms with Crippen LogP contribution in [-0.2, 0) is 10.3 Å². The van der Waals surface area contributed by atoms with E-state index in [9.17, 15) is 0 Å². The molecule has 1 aliphatic rings. The van der Waals surface area contributed by atoms with E-state index in [0.717, 1.165) is 12.8 Å². The third-order valence-corrected chi connectivity index (χ3v) is 3.24. The summed E-state index contributed by atoms with van der Waals surface area (Å²) in [6.07, 6.45) is 4.02. The Morgan fingerprint density at radius 1 is 1.35 bits per heavy atom. The monoisotopic (exact) mass is 228 g/mol. The van der Waals surface area contributed by atoms with Crippen LogP contribution in [0.5, 0.6) is 0 Å². The molecule has 0 fully saturated rings. The van der Waals surface area contributed by atoms with Crippen LogP contribution in [0.2, 0.25) is 0 Å². The van der Waals surface area contributed by atoms with Gasteiger partial charge in [-0.1, -0.05) is 47.6 Å². The highest BCUT2D eigenvalue weighted by Crippen LogP contribution is 2.40. The van der Waals surface area contributed by atoms with Crippen molar-refractivity contribution in [1.82, 2.24) is 0 Å². The predicted molar refractivity (Wildman–Crippen MR) is 71.9 cm³/mol. The third-order valence-electron chi connectivity index (χ3n) is 3.24. The Balaban J connectivity index is 2.37. The van der Waals surface area contributed by atoms with Crippen LogP contribution in [0.4, 0.5) is 0 Å². The average Bonchev–Trinajstić information content (AvgIpc) is 2.29. The molecule has 17 heavy (non-hydrogen) atoms. The molecule has 2 rings (SSSR count). The van der Waals surface area contributed by atoms with Crippen molar-refractivity contribution in [2.75, 3.05) is 6.61 Å². The lowest BCUT2D eigenvalue weighted by atomic mass is 9.81. The van der Waals surface area contributed by atoms with E-state index >= 15 is 0 Å². The van der Waals surface area contributed by atoms with E-state index in [1.165, 1.54) is 16.7 Å². The second-order valence-electron chi connectivity index (χ2n) is 5.03. The summed E-state index contributed by atoms with van der Waals surface area (Å²) < 4.78 is 6.10. The predicted octanol–water partition coefficient (Wildman–Crippen LogP) is 4.21. The molecule has 0 amide bonds. The minimum absolute atomic E-state index is 0.202. The quantitative estimate of drug-likeness (QED) is 0.704. The normalized spacial score (nSPS) is 24.2. The van der Waals surface area contributed by atoms with Crippen molar-refractivity contribution in [1.29, 1.82) is 0 Å². The lowest BCUT2D eigenvalue weighted by Gasteiger charge is -2.37. The van der Waals surface area contributed by atoms with Crippen LogP contribution in [0, 0.1) is 0 Å². The van der Waals surface area contributed by atoms with Gasteiger partial charge in [0.1, 0.15) is 5.60 Å². The van der Waals surface area contributed by atoms with Crippen molar-refractivity contribution in [2.45, 2.75) is 32.3 Å². The Morgan fingerprint density at radius 2 is 2.06 bits per heavy atom. The molecule has 0 aliphatic carbocycles. The minimum atomic E-state index is -0.202. The fourth-order valence-corrected chi connectivity index (χ4v) is 2.55. The zero-order valence-corrected chi connectivity index (χ0v) is 10.7. The van der Waals surface area contributed by atoms with E-state index < -0.39 is 0 Å². The number of ether oxygens (including phenoxy) is 1. The van der Waals surface area contributed by atoms with Crippen LogP contribution in [0.1, 0.15) is 32.3 Å². The molecule has 0 aromatic heterocycles. The molecule has 90 valence electrons. The maximum absolute atomic E-state index is 6.10. The van der Waals surface area contributed by atoms with Crippen LogP contribution < -0.4 is 0 Å². The Morgan fingerprint density at radius 3 is 2.65 bits per heavy atom. The first-order valence-electron chi connectivity index (χ1n) is 6.12. The minimum Gasteiger partial charge on any atom is -0.366 e. The topological polar surface area (TPSA) is 9.23 Å². The van der Waals surface area contributed by atoms with Gasteiger partial charge in [-0.2, -0.15) is 0 Å². The molecular formula is C16H20O. The Hall–Kier alpha value is -1.34. The summed E-state index contributed by atoms with van der Waals surface area (Å²) in [5.74, 6) is 0. The SMILES string of the molecule is C=C(C)C[C@@]1(c2ccccc2)CC(C)=CCO1. The summed E-state index contributed by atoms with van der Waals surface area (Å²) in [6.45, 7) is 9.00. The van der Waals surface area contributed by atoms with Gasteiger partial charge in [-0.3, -0.25) is 0 Å². The van der Waals surface area contributed by atoms with Crippen molar-refractivity contribution >= 4 is 0 Å². The van der Waals surface area contributed by atoms with Crippen molar-refractivity contribution in [3.8, 4) is 0 Å². The van der Waals surface area contributed by atoms with E-state index in [1.54, 1.807) is 0 Å². The largest absolute Gasteiger partial charge is 0.366 e. The van der Waals surface area contributed by atoms with Crippen molar-refractivity contribution in [2.24, 2.45) is 0 Å². The van der Waals surface area contributed by atoms with Gasteiger partial charge in [-0.15, -0.1) is 6.58 Å². The molecule has 1 aliphatic heterocycles. The Kier molecular flexibility index (Phi) is 3.49. The first kappa shape index (κ1) is 12.1. The molecule has 0 spiro atoms. The van der Waals surface area contributed by atoms with Gasteiger partial charge in [-0.05, 0) is 19.4 Å². The fourth-order valence-electron chi connectivity index (χ4n) is 2.55. The molecule has 0 N–H and O–H groups in total. The summed E-state index contributed by atoms with van der Waals surface area (Å²) in [6, 6.07) is 10.5. The Labute approximate surface area is 104 Å². The summed E-state index contributed by atoms with van der Waals surface area (Å²) >= 11 is 0. The van der Waals surface area contributed by atoms with Crippen molar-refractivity contribution in [3.63, 3.8) is 0 Å². The molecule has 0 unspecified atom stereocenters. The third kappa shape index (κ3) is 2.67. The smallest absolute Gasteiger partial charge is 0.101 e. The summed E-state index contributed by atoms with van der Waals surface area (Å²) in [5.41, 5.74) is 3.63. The van der Waals surface area contributed by atoms with E-state index in [2.05, 4.69) is 50.8 Å². The summed E-state index contributed by atoms with van der Waals surface area (Å²) in [5, 5.41) is 0. The molecule has 1 aromatic carbocycles. The molecule has 1 nitrogen and oxygen atoms in total. The molecule has 1 atom stereocenters. The molecule has 1 aromatic rings. The van der Waals surface area contributed by atoms with E-state index in [-0.39, 0.29) is 5.60 Å². The van der Waals surface area contributed by atoms with Gasteiger partial charge in [0.2, 0.25) is 0 Å². The van der Waals surface area contributed by atoms with Crippen LogP contribution in [0.15, 0.2) is 54.1 Å². The number of hydrogen-bond acceptors (Lipinski definition) is 1. The fraction of sp³-hybridized carbons (Fsp3) is 0.375. The van der Waals surface area contributed by atoms with E-state index in [1.807, 2.05) is 6.07 Å². The van der Waals surface area contributed by atoms with Gasteiger partial charge in [0.25, 0.3) is 0 Å². The summed E-state index contributed by atoms with van der Waals surface area (Å²) in [7, 11) is 0. The Bertz CT molecular complexity index is 430. The first-order chi connectivity index (χ1) is 8.12. The lowest BCUT2D eigenvalue weighted by molar-refractivity contribution is -0.0444. The average molecular weight is 228 g/mol. The maximum atomic E-state index is 6.10. The van der Waals surface area contributed by atoms with Crippen LogP contribution in [-0.4, -0.2) is 6.61 Å². The molecule has 0 radical (unpaired) electrons. The molecule has 1 heterocycles. The van der Waals surface area contributed by atoms with Crippen molar-refractivity contribution < 1.29 is 4.74 Å². The molecule has 1 heteroatoms. The zero-order chi connectivity index (χ0) is 12.3. The van der Waals surface area contributed by atoms with Gasteiger partial charge in [0.15, 0.2) is 0 Å². The molecular weight excluding hydrogens is 208 g/mol. The number of hydrogen-bond donors (Lipinski definition) is 0. The molecule has 0 bridgehead atoms. The maximum Gasteiger partial charge on any atom is 0.101 e. The second-order valence-corrected chi connectivity index (χ2v) is 5.03. The van der Waals surface area contributed by atoms with Gasteiger partial charge in [0, 0.05) is 12.8 Å². The lowest BCUT2D eigenvalue weighted by Crippen LogP contribution is -2.33. The highest BCUT2D eigenvalue weighted by Gasteiger charge is 2.35. The van der Waals surface area contributed by atoms with Crippen LogP contribution in [0.25, 0.3) is 0 Å². The second kappa shape index (κ2) is 4.89. The van der Waals surface area contributed by atoms with Gasteiger partial charge in [0.05, 0.1) is 6.61 Å². The van der Waals surface area contributed by atoms with Gasteiger partial charge in [-0.25, -0.2) is 0 Å². The molecule has 0 saturated heterocycles. The first-order valence-corrected chi connectivity index (χ1v) is 6.12. The highest BCUT2D eigenvalue weighted by atomic mass is 16.5. The van der Waals surface area contributed by atoms with E-state index in [0.29, 0.717) is 6.61 Å². The highest BCUT2D eigenvalue weighted by molar-refractivity contribution is 5.28. The standard InChI is InChI=1S/C16H20O/c1-13(2)11-16(12-14(3)9-10-17-16)15-7-5-4-6-8-15/h4-9H,1,10-12H2,2-3H3/t16-/m0/s1. The number of benzene rings is 1. The molecule has 0 saturated carbocycles. The van der Waals surface area contributed by atoms with Gasteiger partial charge < -0.3 is 4.74 Å². The van der Waals surface area contributed by atoms with Crippen molar-refractivity contribution in [3.05, 3.63) is 59.7 Å². The number of rotatable bonds is 3. The van der Waals surface area contributed by atoms with E-state index in [4.69, 9.17) is 4.74 Å². The van der Waals surface area contributed by atoms with Crippen LogP contribution in [0.3, 0.4) is 0 Å².